The summed E-state index contributed by atoms with van der Waals surface area (Å²) >= 11 is 0. The Balaban J connectivity index is 2.38. The highest BCUT2D eigenvalue weighted by Gasteiger charge is 2.35. The molecule has 0 saturated carbocycles. The summed E-state index contributed by atoms with van der Waals surface area (Å²) in [7, 11) is 0. The minimum atomic E-state index is -4.25. The number of hydrogen-bond acceptors (Lipinski definition) is 1. The molecule has 0 aromatic carbocycles. The summed E-state index contributed by atoms with van der Waals surface area (Å²) in [5.74, 6) is -0.0582. The molecule has 0 spiro atoms. The molecular weight excluding hydrogens is 231 g/mol. The molecule has 0 radical (unpaired) electrons. The lowest BCUT2D eigenvalue weighted by molar-refractivity contribution is -0.141. The quantitative estimate of drug-likeness (QED) is 0.744. The normalized spacial score (nSPS) is 19.2. The van der Waals surface area contributed by atoms with E-state index in [0.29, 0.717) is 24.1 Å². The summed E-state index contributed by atoms with van der Waals surface area (Å²) in [4.78, 5) is 11.8. The van der Waals surface area contributed by atoms with E-state index in [4.69, 9.17) is 0 Å². The maximum atomic E-state index is 12.4. The molecule has 0 amide bonds. The van der Waals surface area contributed by atoms with Crippen molar-refractivity contribution in [2.75, 3.05) is 0 Å². The van der Waals surface area contributed by atoms with Crippen molar-refractivity contribution in [3.05, 3.63) is 23.5 Å². The van der Waals surface area contributed by atoms with Gasteiger partial charge in [0.05, 0.1) is 0 Å². The maximum Gasteiger partial charge on any atom is 0.406 e. The number of halogens is 3. The monoisotopic (exact) mass is 245 g/mol. The number of fused-ring (bicyclic) bond motifs is 1. The first kappa shape index (κ1) is 12.2. The number of nitrogens with zero attached hydrogens (tertiary/aromatic N) is 1. The van der Waals surface area contributed by atoms with Crippen LogP contribution in [0.5, 0.6) is 0 Å². The highest BCUT2D eigenvalue weighted by atomic mass is 19.4. The van der Waals surface area contributed by atoms with Gasteiger partial charge in [0, 0.05) is 23.9 Å². The molecule has 2 nitrogen and oxygen atoms in total. The molecule has 17 heavy (non-hydrogen) atoms. The number of carbonyl (C=O) groups excluding carboxylic acids is 1. The second-order valence-electron chi connectivity index (χ2n) is 5.36. The third-order valence-electron chi connectivity index (χ3n) is 3.01. The molecule has 0 fully saturated rings. The first-order valence-electron chi connectivity index (χ1n) is 5.46. The van der Waals surface area contributed by atoms with Crippen LogP contribution in [0.2, 0.25) is 0 Å². The van der Waals surface area contributed by atoms with Gasteiger partial charge in [-0.1, -0.05) is 13.8 Å². The number of rotatable bonds is 1. The number of aromatic nitrogens is 1. The summed E-state index contributed by atoms with van der Waals surface area (Å²) in [6.45, 7) is 2.78. The summed E-state index contributed by atoms with van der Waals surface area (Å²) in [6.07, 6.45) is -1.98. The van der Waals surface area contributed by atoms with Crippen LogP contribution >= 0.6 is 0 Å². The van der Waals surface area contributed by atoms with E-state index in [-0.39, 0.29) is 11.2 Å². The zero-order valence-electron chi connectivity index (χ0n) is 9.77. The second-order valence-corrected chi connectivity index (χ2v) is 5.36. The summed E-state index contributed by atoms with van der Waals surface area (Å²) in [6, 6.07) is 1.50. The van der Waals surface area contributed by atoms with Crippen molar-refractivity contribution in [1.29, 1.82) is 0 Å². The van der Waals surface area contributed by atoms with Gasteiger partial charge in [0.25, 0.3) is 0 Å². The topological polar surface area (TPSA) is 22.0 Å². The Morgan fingerprint density at radius 3 is 2.59 bits per heavy atom. The van der Waals surface area contributed by atoms with Gasteiger partial charge >= 0.3 is 6.18 Å². The van der Waals surface area contributed by atoms with E-state index in [1.54, 1.807) is 0 Å². The van der Waals surface area contributed by atoms with E-state index in [9.17, 15) is 18.0 Å². The van der Waals surface area contributed by atoms with Crippen molar-refractivity contribution < 1.29 is 18.0 Å². The number of carbonyl (C=O) groups is 1. The molecule has 1 aliphatic rings. The molecule has 1 aromatic rings. The molecule has 1 aromatic heterocycles. The van der Waals surface area contributed by atoms with Gasteiger partial charge in [-0.3, -0.25) is 4.79 Å². The van der Waals surface area contributed by atoms with Crippen molar-refractivity contribution in [2.24, 2.45) is 5.41 Å². The molecule has 0 bridgehead atoms. The van der Waals surface area contributed by atoms with Gasteiger partial charge in [-0.2, -0.15) is 13.2 Å². The lowest BCUT2D eigenvalue weighted by atomic mass is 9.76. The van der Waals surface area contributed by atoms with Gasteiger partial charge in [0.2, 0.25) is 0 Å². The maximum absolute atomic E-state index is 12.4. The van der Waals surface area contributed by atoms with Gasteiger partial charge in [-0.15, -0.1) is 0 Å². The molecule has 0 atom stereocenters. The number of Topliss-reactive ketones (excluding diaryl/α,β-unsaturated/α-hetero) is 1. The van der Waals surface area contributed by atoms with Crippen LogP contribution in [-0.2, 0) is 13.0 Å². The smallest absolute Gasteiger partial charge is 0.342 e. The fourth-order valence-corrected chi connectivity index (χ4v) is 2.34. The van der Waals surface area contributed by atoms with Crippen molar-refractivity contribution >= 4 is 5.78 Å². The average Bonchev–Trinajstić information content (AvgIpc) is 2.43. The molecule has 0 aliphatic heterocycles. The van der Waals surface area contributed by atoms with E-state index >= 15 is 0 Å². The summed E-state index contributed by atoms with van der Waals surface area (Å²) in [5, 5.41) is 0. The van der Waals surface area contributed by atoms with E-state index in [2.05, 4.69) is 0 Å². The Kier molecular flexibility index (Phi) is 2.60. The van der Waals surface area contributed by atoms with Crippen LogP contribution in [0, 0.1) is 5.41 Å². The fraction of sp³-hybridized carbons (Fsp3) is 0.583. The van der Waals surface area contributed by atoms with Crippen molar-refractivity contribution in [3.8, 4) is 0 Å². The Labute approximate surface area is 97.4 Å². The predicted octanol–water partition coefficient (Wildman–Crippen LogP) is 3.21. The Bertz CT molecular complexity index is 457. The van der Waals surface area contributed by atoms with Gasteiger partial charge in [-0.25, -0.2) is 0 Å². The van der Waals surface area contributed by atoms with Crippen LogP contribution in [-0.4, -0.2) is 16.5 Å². The molecule has 1 aliphatic carbocycles. The van der Waals surface area contributed by atoms with Crippen molar-refractivity contribution in [3.63, 3.8) is 0 Å². The van der Waals surface area contributed by atoms with Gasteiger partial charge in [0.15, 0.2) is 5.78 Å². The average molecular weight is 245 g/mol. The SMILES string of the molecule is CC1(C)CC(=O)c2ccn(CC(F)(F)F)c2C1. The summed E-state index contributed by atoms with van der Waals surface area (Å²) < 4.78 is 38.3. The third kappa shape index (κ3) is 2.53. The fourth-order valence-electron chi connectivity index (χ4n) is 2.34. The van der Waals surface area contributed by atoms with E-state index in [1.165, 1.54) is 12.3 Å². The molecule has 1 heterocycles. The van der Waals surface area contributed by atoms with Crippen LogP contribution in [0.1, 0.15) is 36.3 Å². The van der Waals surface area contributed by atoms with Gasteiger partial charge in [-0.05, 0) is 17.9 Å². The zero-order chi connectivity index (χ0) is 12.8. The largest absolute Gasteiger partial charge is 0.406 e. The van der Waals surface area contributed by atoms with Crippen LogP contribution < -0.4 is 0 Å². The van der Waals surface area contributed by atoms with Crippen LogP contribution in [0.25, 0.3) is 0 Å². The molecule has 0 saturated heterocycles. The Hall–Kier alpha value is -1.26. The minimum absolute atomic E-state index is 0.0582. The Morgan fingerprint density at radius 2 is 2.00 bits per heavy atom. The number of ketones is 1. The predicted molar refractivity (Wildman–Crippen MR) is 56.9 cm³/mol. The number of hydrogen-bond donors (Lipinski definition) is 0. The first-order chi connectivity index (χ1) is 7.68. The zero-order valence-corrected chi connectivity index (χ0v) is 9.77. The second kappa shape index (κ2) is 3.62. The van der Waals surface area contributed by atoms with E-state index in [0.717, 1.165) is 4.57 Å². The molecule has 5 heteroatoms. The summed E-state index contributed by atoms with van der Waals surface area (Å²) in [5.41, 5.74) is 0.711. The van der Waals surface area contributed by atoms with Gasteiger partial charge in [0.1, 0.15) is 6.54 Å². The lowest BCUT2D eigenvalue weighted by Gasteiger charge is -2.29. The Morgan fingerprint density at radius 1 is 1.35 bits per heavy atom. The minimum Gasteiger partial charge on any atom is -0.342 e. The molecule has 0 unspecified atom stereocenters. The highest BCUT2D eigenvalue weighted by Crippen LogP contribution is 2.35. The van der Waals surface area contributed by atoms with Crippen molar-refractivity contribution in [2.45, 2.75) is 39.4 Å². The van der Waals surface area contributed by atoms with E-state index in [1.807, 2.05) is 13.8 Å². The molecule has 94 valence electrons. The molecule has 2 rings (SSSR count). The standard InChI is InChI=1S/C12H14F3NO/c1-11(2)5-9-8(10(17)6-11)3-4-16(9)7-12(13,14)15/h3-4H,5-7H2,1-2H3. The van der Waals surface area contributed by atoms with Crippen molar-refractivity contribution in [1.82, 2.24) is 4.57 Å². The van der Waals surface area contributed by atoms with Crippen LogP contribution in [0.15, 0.2) is 12.3 Å². The van der Waals surface area contributed by atoms with E-state index < -0.39 is 12.7 Å². The van der Waals surface area contributed by atoms with Crippen LogP contribution in [0.4, 0.5) is 13.2 Å². The highest BCUT2D eigenvalue weighted by molar-refractivity contribution is 5.98. The van der Waals surface area contributed by atoms with Crippen LogP contribution in [0.3, 0.4) is 0 Å². The molecule has 0 N–H and O–H groups in total. The first-order valence-corrected chi connectivity index (χ1v) is 5.46. The molecular formula is C12H14F3NO. The lowest BCUT2D eigenvalue weighted by Crippen LogP contribution is -2.29. The van der Waals surface area contributed by atoms with Gasteiger partial charge < -0.3 is 4.57 Å². The third-order valence-corrected chi connectivity index (χ3v) is 3.01. The number of alkyl halides is 3.